The van der Waals surface area contributed by atoms with E-state index in [9.17, 15) is 0 Å². The summed E-state index contributed by atoms with van der Waals surface area (Å²) in [6.45, 7) is 7.30. The number of hydrogen-bond donors (Lipinski definition) is 1. The maximum atomic E-state index is 3.83. The van der Waals surface area contributed by atoms with Crippen molar-refractivity contribution in [2.45, 2.75) is 83.6 Å². The summed E-state index contributed by atoms with van der Waals surface area (Å²) in [4.78, 5) is 0. The highest BCUT2D eigenvalue weighted by Gasteiger charge is 2.39. The Bertz CT molecular complexity index is 273. The van der Waals surface area contributed by atoms with Crippen molar-refractivity contribution in [3.05, 3.63) is 12.7 Å². The molecule has 0 aliphatic heterocycles. The van der Waals surface area contributed by atoms with Crippen molar-refractivity contribution in [1.29, 1.82) is 0 Å². The minimum Gasteiger partial charge on any atom is -0.314 e. The molecule has 0 aromatic carbocycles. The van der Waals surface area contributed by atoms with E-state index in [1.165, 1.54) is 64.3 Å². The molecule has 1 N–H and O–H groups in total. The second kappa shape index (κ2) is 8.87. The first-order chi connectivity index (χ1) is 9.83. The van der Waals surface area contributed by atoms with Gasteiger partial charge in [0, 0.05) is 6.04 Å². The summed E-state index contributed by atoms with van der Waals surface area (Å²) in [6.07, 6.45) is 17.7. The van der Waals surface area contributed by atoms with E-state index in [1.807, 2.05) is 0 Å². The summed E-state index contributed by atoms with van der Waals surface area (Å²) in [5.41, 5.74) is 0. The van der Waals surface area contributed by atoms with E-state index >= 15 is 0 Å². The Balaban J connectivity index is 1.67. The van der Waals surface area contributed by atoms with Crippen LogP contribution in [0.15, 0.2) is 12.7 Å². The maximum absolute atomic E-state index is 3.83. The van der Waals surface area contributed by atoms with Gasteiger partial charge in [0.15, 0.2) is 0 Å². The van der Waals surface area contributed by atoms with Gasteiger partial charge in [-0.05, 0) is 75.7 Å². The lowest BCUT2D eigenvalue weighted by molar-refractivity contribution is 0.269. The molecule has 0 radical (unpaired) electrons. The molecule has 0 saturated heterocycles. The SMILES string of the molecule is C=CCCCCCC(CC1CC2CCC1C2)NCCC. The molecule has 0 spiro atoms. The number of rotatable bonds is 11. The number of nitrogens with one attached hydrogen (secondary N) is 1. The summed E-state index contributed by atoms with van der Waals surface area (Å²) in [5.74, 6) is 3.24. The predicted octanol–water partition coefficient (Wildman–Crippen LogP) is 5.32. The minimum absolute atomic E-state index is 0.794. The number of allylic oxidation sites excluding steroid dienone is 1. The highest BCUT2D eigenvalue weighted by Crippen LogP contribution is 2.50. The molecule has 2 fully saturated rings. The summed E-state index contributed by atoms with van der Waals surface area (Å²) in [7, 11) is 0. The van der Waals surface area contributed by atoms with Gasteiger partial charge in [0.05, 0.1) is 0 Å². The van der Waals surface area contributed by atoms with Crippen LogP contribution >= 0.6 is 0 Å². The van der Waals surface area contributed by atoms with Gasteiger partial charge in [0.2, 0.25) is 0 Å². The Hall–Kier alpha value is -0.300. The Morgan fingerprint density at radius 3 is 2.75 bits per heavy atom. The summed E-state index contributed by atoms with van der Waals surface area (Å²) in [5, 5.41) is 3.83. The van der Waals surface area contributed by atoms with Crippen LogP contribution in [0, 0.1) is 17.8 Å². The zero-order valence-corrected chi connectivity index (χ0v) is 13.6. The maximum Gasteiger partial charge on any atom is 0.00698 e. The topological polar surface area (TPSA) is 12.0 Å². The lowest BCUT2D eigenvalue weighted by Gasteiger charge is -2.27. The van der Waals surface area contributed by atoms with Crippen molar-refractivity contribution >= 4 is 0 Å². The molecule has 20 heavy (non-hydrogen) atoms. The molecule has 0 aromatic rings. The van der Waals surface area contributed by atoms with Gasteiger partial charge in [-0.2, -0.15) is 0 Å². The molecule has 4 atom stereocenters. The quantitative estimate of drug-likeness (QED) is 0.398. The first-order valence-corrected chi connectivity index (χ1v) is 9.17. The fraction of sp³-hybridized carbons (Fsp3) is 0.895. The molecule has 2 aliphatic rings. The highest BCUT2D eigenvalue weighted by atomic mass is 14.9. The van der Waals surface area contributed by atoms with E-state index in [-0.39, 0.29) is 0 Å². The van der Waals surface area contributed by atoms with Gasteiger partial charge in [-0.3, -0.25) is 0 Å². The first kappa shape index (κ1) is 16.1. The van der Waals surface area contributed by atoms with Crippen molar-refractivity contribution in [3.8, 4) is 0 Å². The predicted molar refractivity (Wildman–Crippen MR) is 88.9 cm³/mol. The van der Waals surface area contributed by atoms with E-state index in [2.05, 4.69) is 24.9 Å². The van der Waals surface area contributed by atoms with E-state index < -0.39 is 0 Å². The molecular formula is C19H35N. The average Bonchev–Trinajstić information content (AvgIpc) is 3.06. The van der Waals surface area contributed by atoms with Gasteiger partial charge < -0.3 is 5.32 Å². The van der Waals surface area contributed by atoms with Crippen molar-refractivity contribution in [1.82, 2.24) is 5.32 Å². The van der Waals surface area contributed by atoms with E-state index in [0.29, 0.717) is 0 Å². The molecule has 1 nitrogen and oxygen atoms in total. The van der Waals surface area contributed by atoms with Gasteiger partial charge in [-0.25, -0.2) is 0 Å². The van der Waals surface area contributed by atoms with Crippen LogP contribution in [0.2, 0.25) is 0 Å². The van der Waals surface area contributed by atoms with Gasteiger partial charge in [-0.15, -0.1) is 6.58 Å². The van der Waals surface area contributed by atoms with Crippen molar-refractivity contribution in [2.24, 2.45) is 17.8 Å². The van der Waals surface area contributed by atoms with Gasteiger partial charge >= 0.3 is 0 Å². The van der Waals surface area contributed by atoms with E-state index in [4.69, 9.17) is 0 Å². The van der Waals surface area contributed by atoms with Crippen LogP contribution in [0.3, 0.4) is 0 Å². The van der Waals surface area contributed by atoms with Crippen LogP contribution in [0.4, 0.5) is 0 Å². The monoisotopic (exact) mass is 277 g/mol. The molecule has 2 aliphatic carbocycles. The van der Waals surface area contributed by atoms with Crippen LogP contribution in [0.25, 0.3) is 0 Å². The molecule has 116 valence electrons. The molecule has 2 saturated carbocycles. The lowest BCUT2D eigenvalue weighted by Crippen LogP contribution is -2.33. The largest absolute Gasteiger partial charge is 0.314 e. The second-order valence-corrected chi connectivity index (χ2v) is 7.25. The normalized spacial score (nSPS) is 29.8. The third kappa shape index (κ3) is 4.91. The van der Waals surface area contributed by atoms with Crippen molar-refractivity contribution in [3.63, 3.8) is 0 Å². The molecule has 2 bridgehead atoms. The van der Waals surface area contributed by atoms with Gasteiger partial charge in [-0.1, -0.05) is 32.3 Å². The average molecular weight is 277 g/mol. The molecule has 4 unspecified atom stereocenters. The Labute approximate surface area is 126 Å². The van der Waals surface area contributed by atoms with Crippen molar-refractivity contribution in [2.75, 3.05) is 6.54 Å². The minimum atomic E-state index is 0.794. The Morgan fingerprint density at radius 2 is 2.10 bits per heavy atom. The summed E-state index contributed by atoms with van der Waals surface area (Å²) < 4.78 is 0. The van der Waals surface area contributed by atoms with Crippen LogP contribution in [-0.4, -0.2) is 12.6 Å². The van der Waals surface area contributed by atoms with E-state index in [0.717, 1.165) is 23.8 Å². The standard InChI is InChI=1S/C19H35N/c1-3-5-6-7-8-9-19(20-12-4-2)15-18-14-16-10-11-17(18)13-16/h3,16-20H,1,4-15H2,2H3. The van der Waals surface area contributed by atoms with Gasteiger partial charge in [0.1, 0.15) is 0 Å². The molecule has 0 aromatic heterocycles. The highest BCUT2D eigenvalue weighted by molar-refractivity contribution is 4.91. The summed E-state index contributed by atoms with van der Waals surface area (Å²) in [6, 6.07) is 0.794. The third-order valence-electron chi connectivity index (χ3n) is 5.62. The lowest BCUT2D eigenvalue weighted by atomic mass is 9.83. The van der Waals surface area contributed by atoms with Gasteiger partial charge in [0.25, 0.3) is 0 Å². The second-order valence-electron chi connectivity index (χ2n) is 7.25. The summed E-state index contributed by atoms with van der Waals surface area (Å²) >= 11 is 0. The smallest absolute Gasteiger partial charge is 0.00698 e. The number of unbranched alkanes of at least 4 members (excludes halogenated alkanes) is 3. The molecule has 0 amide bonds. The first-order valence-electron chi connectivity index (χ1n) is 9.17. The fourth-order valence-corrected chi connectivity index (χ4v) is 4.54. The zero-order chi connectivity index (χ0) is 14.2. The Morgan fingerprint density at radius 1 is 1.20 bits per heavy atom. The fourth-order valence-electron chi connectivity index (χ4n) is 4.54. The number of fused-ring (bicyclic) bond motifs is 2. The zero-order valence-electron chi connectivity index (χ0n) is 13.6. The number of hydrogen-bond acceptors (Lipinski definition) is 1. The van der Waals surface area contributed by atoms with Crippen LogP contribution in [-0.2, 0) is 0 Å². The molecule has 0 heterocycles. The van der Waals surface area contributed by atoms with Crippen LogP contribution in [0.1, 0.15) is 77.6 Å². The third-order valence-corrected chi connectivity index (χ3v) is 5.62. The van der Waals surface area contributed by atoms with E-state index in [1.54, 1.807) is 12.8 Å². The Kier molecular flexibility index (Phi) is 7.13. The molecule has 1 heteroatoms. The van der Waals surface area contributed by atoms with Crippen LogP contribution < -0.4 is 5.32 Å². The van der Waals surface area contributed by atoms with Crippen molar-refractivity contribution < 1.29 is 0 Å². The molecule has 2 rings (SSSR count). The molecular weight excluding hydrogens is 242 g/mol. The van der Waals surface area contributed by atoms with Crippen LogP contribution in [0.5, 0.6) is 0 Å².